The summed E-state index contributed by atoms with van der Waals surface area (Å²) in [7, 11) is 0. The van der Waals surface area contributed by atoms with Crippen molar-refractivity contribution in [3.05, 3.63) is 12.2 Å². The van der Waals surface area contributed by atoms with E-state index in [9.17, 15) is 4.79 Å². The van der Waals surface area contributed by atoms with Crippen molar-refractivity contribution in [2.75, 3.05) is 6.54 Å². The molecule has 2 N–H and O–H groups in total. The molecule has 4 nitrogen and oxygen atoms in total. The maximum atomic E-state index is 12.1. The first-order valence-corrected chi connectivity index (χ1v) is 5.67. The van der Waals surface area contributed by atoms with E-state index in [1.165, 1.54) is 0 Å². The fraction of sp³-hybridized carbons (Fsp3) is 0.667. The molecular weight excluding hydrogens is 202 g/mol. The summed E-state index contributed by atoms with van der Waals surface area (Å²) in [5.41, 5.74) is 5.73. The first-order chi connectivity index (χ1) is 7.56. The summed E-state index contributed by atoms with van der Waals surface area (Å²) in [5.74, 6) is -0.00876. The van der Waals surface area contributed by atoms with Crippen LogP contribution >= 0.6 is 0 Å². The van der Waals surface area contributed by atoms with Crippen LogP contribution in [0.15, 0.2) is 12.2 Å². The minimum absolute atomic E-state index is 0.000992. The van der Waals surface area contributed by atoms with Crippen LogP contribution in [0.3, 0.4) is 0 Å². The standard InChI is InChI=1S/C12H19N3O/c1-9(2)15(7-3-6-13)12(16)10-4-5-11(14)8-10/h4-5,9-11H,3,7-8,14H2,1-2H3. The van der Waals surface area contributed by atoms with Crippen molar-refractivity contribution in [3.8, 4) is 6.07 Å². The van der Waals surface area contributed by atoms with E-state index in [-0.39, 0.29) is 23.9 Å². The Morgan fingerprint density at radius 2 is 2.31 bits per heavy atom. The second kappa shape index (κ2) is 5.66. The number of hydrogen-bond donors (Lipinski definition) is 1. The van der Waals surface area contributed by atoms with Gasteiger partial charge in [0.2, 0.25) is 5.91 Å². The van der Waals surface area contributed by atoms with Gasteiger partial charge in [-0.25, -0.2) is 0 Å². The summed E-state index contributed by atoms with van der Waals surface area (Å²) in [6.45, 7) is 4.44. The van der Waals surface area contributed by atoms with Gasteiger partial charge in [-0.05, 0) is 20.3 Å². The van der Waals surface area contributed by atoms with Gasteiger partial charge in [-0.15, -0.1) is 0 Å². The number of nitrogens with two attached hydrogens (primary N) is 1. The number of rotatable bonds is 4. The monoisotopic (exact) mass is 221 g/mol. The third-order valence-electron chi connectivity index (χ3n) is 2.80. The van der Waals surface area contributed by atoms with Crippen molar-refractivity contribution in [1.82, 2.24) is 4.90 Å². The fourth-order valence-corrected chi connectivity index (χ4v) is 1.92. The maximum Gasteiger partial charge on any atom is 0.229 e. The number of carbonyl (C=O) groups is 1. The summed E-state index contributed by atoms with van der Waals surface area (Å²) in [6, 6.07) is 2.20. The highest BCUT2D eigenvalue weighted by molar-refractivity contribution is 5.81. The quantitative estimate of drug-likeness (QED) is 0.721. The lowest BCUT2D eigenvalue weighted by molar-refractivity contribution is -0.135. The van der Waals surface area contributed by atoms with E-state index in [1.54, 1.807) is 4.90 Å². The molecule has 88 valence electrons. The Kier molecular flexibility index (Phi) is 4.51. The molecule has 2 atom stereocenters. The van der Waals surface area contributed by atoms with E-state index in [2.05, 4.69) is 6.07 Å². The SMILES string of the molecule is CC(C)N(CCC#N)C(=O)C1C=CC(N)C1. The molecule has 0 fully saturated rings. The van der Waals surface area contributed by atoms with Gasteiger partial charge in [0, 0.05) is 18.6 Å². The molecular formula is C12H19N3O. The molecule has 0 aromatic carbocycles. The van der Waals surface area contributed by atoms with E-state index in [0.717, 1.165) is 0 Å². The highest BCUT2D eigenvalue weighted by Gasteiger charge is 2.28. The Labute approximate surface area is 96.7 Å². The molecule has 0 heterocycles. The predicted octanol–water partition coefficient (Wildman–Crippen LogP) is 1.04. The summed E-state index contributed by atoms with van der Waals surface area (Å²) < 4.78 is 0. The topological polar surface area (TPSA) is 70.1 Å². The highest BCUT2D eigenvalue weighted by atomic mass is 16.2. The third-order valence-corrected chi connectivity index (χ3v) is 2.80. The summed E-state index contributed by atoms with van der Waals surface area (Å²) in [5, 5.41) is 8.56. The fourth-order valence-electron chi connectivity index (χ4n) is 1.92. The van der Waals surface area contributed by atoms with E-state index >= 15 is 0 Å². The van der Waals surface area contributed by atoms with Gasteiger partial charge >= 0.3 is 0 Å². The summed E-state index contributed by atoms with van der Waals surface area (Å²) in [4.78, 5) is 13.9. The highest BCUT2D eigenvalue weighted by Crippen LogP contribution is 2.20. The van der Waals surface area contributed by atoms with Crippen molar-refractivity contribution in [3.63, 3.8) is 0 Å². The van der Waals surface area contributed by atoms with E-state index in [1.807, 2.05) is 26.0 Å². The van der Waals surface area contributed by atoms with Gasteiger partial charge in [0.25, 0.3) is 0 Å². The molecule has 0 aromatic rings. The molecule has 1 aliphatic carbocycles. The van der Waals surface area contributed by atoms with Crippen molar-refractivity contribution in [2.24, 2.45) is 11.7 Å². The Bertz CT molecular complexity index is 317. The van der Waals surface area contributed by atoms with Crippen LogP contribution in [-0.2, 0) is 4.79 Å². The number of nitriles is 1. The number of carbonyl (C=O) groups excluding carboxylic acids is 1. The lowest BCUT2D eigenvalue weighted by atomic mass is 10.1. The van der Waals surface area contributed by atoms with Crippen LogP contribution in [0.1, 0.15) is 26.7 Å². The zero-order valence-corrected chi connectivity index (χ0v) is 9.89. The molecule has 0 saturated heterocycles. The zero-order valence-electron chi connectivity index (χ0n) is 9.89. The largest absolute Gasteiger partial charge is 0.339 e. The Balaban J connectivity index is 2.61. The molecule has 1 rings (SSSR count). The van der Waals surface area contributed by atoms with E-state index in [4.69, 9.17) is 11.0 Å². The summed E-state index contributed by atoms with van der Waals surface area (Å²) in [6.07, 6.45) is 4.83. The summed E-state index contributed by atoms with van der Waals surface area (Å²) >= 11 is 0. The first kappa shape index (κ1) is 12.7. The Morgan fingerprint density at radius 3 is 2.75 bits per heavy atom. The van der Waals surface area contributed by atoms with Crippen LogP contribution in [0.5, 0.6) is 0 Å². The van der Waals surface area contributed by atoms with Crippen molar-refractivity contribution in [1.29, 1.82) is 5.26 Å². The minimum atomic E-state index is -0.101. The van der Waals surface area contributed by atoms with Gasteiger partial charge in [-0.1, -0.05) is 12.2 Å². The van der Waals surface area contributed by atoms with Crippen LogP contribution in [-0.4, -0.2) is 29.4 Å². The van der Waals surface area contributed by atoms with Gasteiger partial charge in [0.1, 0.15) is 0 Å². The Hall–Kier alpha value is -1.34. The van der Waals surface area contributed by atoms with Crippen LogP contribution < -0.4 is 5.73 Å². The van der Waals surface area contributed by atoms with Crippen LogP contribution in [0.25, 0.3) is 0 Å². The molecule has 0 spiro atoms. The molecule has 4 heteroatoms. The second-order valence-corrected chi connectivity index (χ2v) is 4.42. The van der Waals surface area contributed by atoms with Gasteiger partial charge < -0.3 is 10.6 Å². The molecule has 0 saturated carbocycles. The average Bonchev–Trinajstić information content (AvgIpc) is 2.64. The lowest BCUT2D eigenvalue weighted by Gasteiger charge is -2.28. The molecule has 0 bridgehead atoms. The number of amides is 1. The molecule has 1 amide bonds. The van der Waals surface area contributed by atoms with E-state index < -0.39 is 0 Å². The maximum absolute atomic E-state index is 12.1. The van der Waals surface area contributed by atoms with Crippen LogP contribution in [0.2, 0.25) is 0 Å². The van der Waals surface area contributed by atoms with Crippen molar-refractivity contribution < 1.29 is 4.79 Å². The average molecular weight is 221 g/mol. The smallest absolute Gasteiger partial charge is 0.229 e. The molecule has 16 heavy (non-hydrogen) atoms. The lowest BCUT2D eigenvalue weighted by Crippen LogP contribution is -2.41. The van der Waals surface area contributed by atoms with Gasteiger partial charge in [-0.2, -0.15) is 5.26 Å². The third kappa shape index (κ3) is 3.07. The Morgan fingerprint density at radius 1 is 1.62 bits per heavy atom. The van der Waals surface area contributed by atoms with Gasteiger partial charge in [0.05, 0.1) is 18.4 Å². The van der Waals surface area contributed by atoms with Crippen LogP contribution in [0, 0.1) is 17.2 Å². The second-order valence-electron chi connectivity index (χ2n) is 4.42. The van der Waals surface area contributed by atoms with Crippen LogP contribution in [0.4, 0.5) is 0 Å². The molecule has 2 unspecified atom stereocenters. The van der Waals surface area contributed by atoms with Gasteiger partial charge in [0.15, 0.2) is 0 Å². The molecule has 1 aliphatic rings. The van der Waals surface area contributed by atoms with Crippen molar-refractivity contribution >= 4 is 5.91 Å². The van der Waals surface area contributed by atoms with Gasteiger partial charge in [-0.3, -0.25) is 4.79 Å². The van der Waals surface area contributed by atoms with Crippen molar-refractivity contribution in [2.45, 2.75) is 38.8 Å². The zero-order chi connectivity index (χ0) is 12.1. The normalized spacial score (nSPS) is 23.4. The first-order valence-electron chi connectivity index (χ1n) is 5.67. The molecule has 0 radical (unpaired) electrons. The minimum Gasteiger partial charge on any atom is -0.339 e. The predicted molar refractivity (Wildman–Crippen MR) is 62.3 cm³/mol. The number of nitrogens with zero attached hydrogens (tertiary/aromatic N) is 2. The molecule has 0 aromatic heterocycles. The van der Waals surface area contributed by atoms with E-state index in [0.29, 0.717) is 19.4 Å². The molecule has 0 aliphatic heterocycles. The number of hydrogen-bond acceptors (Lipinski definition) is 3.